The minimum absolute atomic E-state index is 0.222. The Bertz CT molecular complexity index is 554. The minimum atomic E-state index is -0.222. The first-order chi connectivity index (χ1) is 9.26. The van der Waals surface area contributed by atoms with E-state index in [2.05, 4.69) is 5.32 Å². The SMILES string of the molecule is CCNCc1ccc(-c2ccccc2OC)c(F)c1. The van der Waals surface area contributed by atoms with E-state index in [1.807, 2.05) is 37.3 Å². The Kier molecular flexibility index (Phi) is 4.53. The topological polar surface area (TPSA) is 21.3 Å². The van der Waals surface area contributed by atoms with Crippen LogP contribution in [0, 0.1) is 5.82 Å². The van der Waals surface area contributed by atoms with Crippen LogP contribution in [-0.4, -0.2) is 13.7 Å². The smallest absolute Gasteiger partial charge is 0.131 e. The predicted molar refractivity (Wildman–Crippen MR) is 75.8 cm³/mol. The van der Waals surface area contributed by atoms with Gasteiger partial charge in [-0.15, -0.1) is 0 Å². The summed E-state index contributed by atoms with van der Waals surface area (Å²) >= 11 is 0. The van der Waals surface area contributed by atoms with Gasteiger partial charge in [-0.25, -0.2) is 4.39 Å². The summed E-state index contributed by atoms with van der Waals surface area (Å²) in [5.41, 5.74) is 2.29. The fourth-order valence-corrected chi connectivity index (χ4v) is 2.02. The number of para-hydroxylation sites is 1. The van der Waals surface area contributed by atoms with Crippen LogP contribution >= 0.6 is 0 Å². The fraction of sp³-hybridized carbons (Fsp3) is 0.250. The standard InChI is InChI=1S/C16H18FNO/c1-3-18-11-12-8-9-13(15(17)10-12)14-6-4-5-7-16(14)19-2/h4-10,18H,3,11H2,1-2H3. The molecule has 0 heterocycles. The highest BCUT2D eigenvalue weighted by Crippen LogP contribution is 2.31. The van der Waals surface area contributed by atoms with E-state index >= 15 is 0 Å². The molecular weight excluding hydrogens is 241 g/mol. The molecule has 0 atom stereocenters. The third-order valence-corrected chi connectivity index (χ3v) is 3.01. The van der Waals surface area contributed by atoms with Crippen molar-refractivity contribution >= 4 is 0 Å². The number of ether oxygens (including phenoxy) is 1. The molecule has 0 aliphatic carbocycles. The monoisotopic (exact) mass is 259 g/mol. The van der Waals surface area contributed by atoms with Gasteiger partial charge < -0.3 is 10.1 Å². The van der Waals surface area contributed by atoms with Crippen LogP contribution in [-0.2, 0) is 6.54 Å². The number of rotatable bonds is 5. The molecule has 0 bridgehead atoms. The van der Waals surface area contributed by atoms with Crippen LogP contribution in [0.15, 0.2) is 42.5 Å². The Hall–Kier alpha value is -1.87. The van der Waals surface area contributed by atoms with Gasteiger partial charge in [0, 0.05) is 17.7 Å². The number of methoxy groups -OCH3 is 1. The van der Waals surface area contributed by atoms with Crippen LogP contribution in [0.1, 0.15) is 12.5 Å². The highest BCUT2D eigenvalue weighted by molar-refractivity contribution is 5.71. The molecule has 0 spiro atoms. The second-order valence-corrected chi connectivity index (χ2v) is 4.29. The van der Waals surface area contributed by atoms with Crippen LogP contribution in [0.4, 0.5) is 4.39 Å². The van der Waals surface area contributed by atoms with E-state index in [-0.39, 0.29) is 5.82 Å². The highest BCUT2D eigenvalue weighted by atomic mass is 19.1. The van der Waals surface area contributed by atoms with Gasteiger partial charge in [0.15, 0.2) is 0 Å². The lowest BCUT2D eigenvalue weighted by atomic mass is 10.0. The van der Waals surface area contributed by atoms with Crippen LogP contribution < -0.4 is 10.1 Å². The molecule has 2 aromatic carbocycles. The first-order valence-electron chi connectivity index (χ1n) is 6.38. The lowest BCUT2D eigenvalue weighted by Crippen LogP contribution is -2.11. The molecule has 0 saturated heterocycles. The van der Waals surface area contributed by atoms with E-state index in [1.54, 1.807) is 19.2 Å². The van der Waals surface area contributed by atoms with E-state index in [9.17, 15) is 4.39 Å². The molecule has 0 radical (unpaired) electrons. The Morgan fingerprint density at radius 1 is 1.11 bits per heavy atom. The summed E-state index contributed by atoms with van der Waals surface area (Å²) in [5, 5.41) is 3.18. The number of benzene rings is 2. The second kappa shape index (κ2) is 6.34. The number of nitrogens with one attached hydrogen (secondary N) is 1. The molecule has 100 valence electrons. The summed E-state index contributed by atoms with van der Waals surface area (Å²) in [5.74, 6) is 0.459. The van der Waals surface area contributed by atoms with Crippen molar-refractivity contribution in [3.05, 3.63) is 53.8 Å². The van der Waals surface area contributed by atoms with Gasteiger partial charge in [0.25, 0.3) is 0 Å². The van der Waals surface area contributed by atoms with E-state index in [1.165, 1.54) is 0 Å². The Balaban J connectivity index is 2.35. The van der Waals surface area contributed by atoms with Gasteiger partial charge in [0.2, 0.25) is 0 Å². The van der Waals surface area contributed by atoms with Crippen LogP contribution in [0.3, 0.4) is 0 Å². The van der Waals surface area contributed by atoms with Crippen molar-refractivity contribution in [1.29, 1.82) is 0 Å². The van der Waals surface area contributed by atoms with Gasteiger partial charge in [-0.05, 0) is 24.2 Å². The number of hydrogen-bond donors (Lipinski definition) is 1. The molecule has 0 aliphatic heterocycles. The Morgan fingerprint density at radius 3 is 2.58 bits per heavy atom. The zero-order chi connectivity index (χ0) is 13.7. The molecule has 2 nitrogen and oxygen atoms in total. The lowest BCUT2D eigenvalue weighted by Gasteiger charge is -2.10. The zero-order valence-corrected chi connectivity index (χ0v) is 11.2. The molecule has 0 fully saturated rings. The largest absolute Gasteiger partial charge is 0.496 e. The van der Waals surface area contributed by atoms with Crippen LogP contribution in [0.5, 0.6) is 5.75 Å². The van der Waals surface area contributed by atoms with Crippen molar-refractivity contribution in [2.24, 2.45) is 0 Å². The summed E-state index contributed by atoms with van der Waals surface area (Å²) in [6, 6.07) is 12.8. The molecular formula is C16H18FNO. The van der Waals surface area contributed by atoms with Crippen molar-refractivity contribution in [3.8, 4) is 16.9 Å². The van der Waals surface area contributed by atoms with Crippen molar-refractivity contribution in [2.75, 3.05) is 13.7 Å². The predicted octanol–water partition coefficient (Wildman–Crippen LogP) is 3.61. The first kappa shape index (κ1) is 13.6. The molecule has 2 rings (SSSR count). The van der Waals surface area contributed by atoms with E-state index in [4.69, 9.17) is 4.74 Å². The molecule has 0 saturated carbocycles. The average Bonchev–Trinajstić information content (AvgIpc) is 2.45. The minimum Gasteiger partial charge on any atom is -0.496 e. The molecule has 0 amide bonds. The molecule has 0 unspecified atom stereocenters. The van der Waals surface area contributed by atoms with Gasteiger partial charge >= 0.3 is 0 Å². The van der Waals surface area contributed by atoms with Crippen molar-refractivity contribution < 1.29 is 9.13 Å². The fourth-order valence-electron chi connectivity index (χ4n) is 2.02. The van der Waals surface area contributed by atoms with E-state index < -0.39 is 0 Å². The van der Waals surface area contributed by atoms with Gasteiger partial charge in [-0.2, -0.15) is 0 Å². The highest BCUT2D eigenvalue weighted by Gasteiger charge is 2.10. The van der Waals surface area contributed by atoms with Crippen molar-refractivity contribution in [2.45, 2.75) is 13.5 Å². The lowest BCUT2D eigenvalue weighted by molar-refractivity contribution is 0.416. The summed E-state index contributed by atoms with van der Waals surface area (Å²) in [6.45, 7) is 3.58. The maximum Gasteiger partial charge on any atom is 0.131 e. The third-order valence-electron chi connectivity index (χ3n) is 3.01. The molecule has 19 heavy (non-hydrogen) atoms. The quantitative estimate of drug-likeness (QED) is 0.885. The Morgan fingerprint density at radius 2 is 1.89 bits per heavy atom. The molecule has 0 aromatic heterocycles. The Labute approximate surface area is 113 Å². The number of halogens is 1. The summed E-state index contributed by atoms with van der Waals surface area (Å²) in [4.78, 5) is 0. The van der Waals surface area contributed by atoms with Gasteiger partial charge in [0.05, 0.1) is 7.11 Å². The average molecular weight is 259 g/mol. The number of hydrogen-bond acceptors (Lipinski definition) is 2. The normalized spacial score (nSPS) is 10.5. The third kappa shape index (κ3) is 3.12. The summed E-state index contributed by atoms with van der Waals surface area (Å²) in [6.07, 6.45) is 0. The molecule has 3 heteroatoms. The van der Waals surface area contributed by atoms with Gasteiger partial charge in [-0.3, -0.25) is 0 Å². The molecule has 2 aromatic rings. The van der Waals surface area contributed by atoms with E-state index in [0.29, 0.717) is 17.9 Å². The van der Waals surface area contributed by atoms with Crippen LogP contribution in [0.2, 0.25) is 0 Å². The molecule has 0 aliphatic rings. The van der Waals surface area contributed by atoms with Gasteiger partial charge in [-0.1, -0.05) is 37.3 Å². The maximum atomic E-state index is 14.2. The molecule has 1 N–H and O–H groups in total. The summed E-state index contributed by atoms with van der Waals surface area (Å²) in [7, 11) is 1.59. The zero-order valence-electron chi connectivity index (χ0n) is 11.2. The van der Waals surface area contributed by atoms with Gasteiger partial charge in [0.1, 0.15) is 11.6 Å². The maximum absolute atomic E-state index is 14.2. The van der Waals surface area contributed by atoms with E-state index in [0.717, 1.165) is 17.7 Å². The summed E-state index contributed by atoms with van der Waals surface area (Å²) < 4.78 is 19.5. The first-order valence-corrected chi connectivity index (χ1v) is 6.38. The van der Waals surface area contributed by atoms with Crippen LogP contribution in [0.25, 0.3) is 11.1 Å². The van der Waals surface area contributed by atoms with Crippen molar-refractivity contribution in [3.63, 3.8) is 0 Å². The second-order valence-electron chi connectivity index (χ2n) is 4.29. The van der Waals surface area contributed by atoms with Crippen molar-refractivity contribution in [1.82, 2.24) is 5.32 Å².